The van der Waals surface area contributed by atoms with Crippen LogP contribution in [0.1, 0.15) is 39.5 Å². The van der Waals surface area contributed by atoms with E-state index in [9.17, 15) is 8.42 Å². The topological polar surface area (TPSA) is 54.4 Å². The zero-order valence-electron chi connectivity index (χ0n) is 7.08. The second-order valence-corrected chi connectivity index (χ2v) is 4.66. The van der Waals surface area contributed by atoms with Gasteiger partial charge in [0.1, 0.15) is 0 Å². The van der Waals surface area contributed by atoms with Crippen LogP contribution in [0, 0.1) is 0 Å². The normalized spacial score (nSPS) is 13.6. The Hall–Kier alpha value is 0.910. The summed E-state index contributed by atoms with van der Waals surface area (Å²) in [6.45, 7) is 3.59. The van der Waals surface area contributed by atoms with E-state index in [0.717, 1.165) is 19.3 Å². The molecule has 1 unspecified atom stereocenters. The van der Waals surface area contributed by atoms with Crippen LogP contribution in [0.15, 0.2) is 0 Å². The quantitative estimate of drug-likeness (QED) is 0.416. The van der Waals surface area contributed by atoms with Crippen molar-refractivity contribution in [2.45, 2.75) is 44.8 Å². The predicted octanol–water partition coefficient (Wildman–Crippen LogP) is 1.19. The first kappa shape index (κ1) is 15.4. The minimum absolute atomic E-state index is 0. The average Bonchev–Trinajstić information content (AvgIpc) is 1.86. The molecule has 0 spiro atoms. The van der Waals surface area contributed by atoms with Crippen LogP contribution in [0.3, 0.4) is 0 Å². The molecule has 0 rings (SSSR count). The van der Waals surface area contributed by atoms with Crippen molar-refractivity contribution in [2.24, 2.45) is 0 Å². The summed E-state index contributed by atoms with van der Waals surface area (Å²) in [5.74, 6) is 0. The zero-order valence-corrected chi connectivity index (χ0v) is 7.89. The fourth-order valence-electron chi connectivity index (χ4n) is 0.831. The average molecular weight is 204 g/mol. The van der Waals surface area contributed by atoms with Crippen molar-refractivity contribution >= 4 is 39.7 Å². The Balaban J connectivity index is 0. The molecule has 3 nitrogen and oxygen atoms in total. The molecule has 70 valence electrons. The van der Waals surface area contributed by atoms with E-state index in [-0.39, 0.29) is 29.6 Å². The maximum atomic E-state index is 10.5. The molecule has 0 saturated carbocycles. The summed E-state index contributed by atoms with van der Waals surface area (Å²) in [5, 5.41) is -0.603. The van der Waals surface area contributed by atoms with Gasteiger partial charge in [-0.25, -0.2) is 0 Å². The fourth-order valence-corrected chi connectivity index (χ4v) is 1.30. The summed E-state index contributed by atoms with van der Waals surface area (Å²) in [5.41, 5.74) is 0. The van der Waals surface area contributed by atoms with Gasteiger partial charge in [0.2, 0.25) is 0 Å². The van der Waals surface area contributed by atoms with Crippen molar-refractivity contribution in [3.05, 3.63) is 0 Å². The monoisotopic (exact) mass is 204 g/mol. The van der Waals surface area contributed by atoms with Crippen LogP contribution in [0.2, 0.25) is 0 Å². The first-order valence-corrected chi connectivity index (χ1v) is 5.45. The molecule has 0 bridgehead atoms. The molecule has 0 heterocycles. The van der Waals surface area contributed by atoms with Crippen molar-refractivity contribution < 1.29 is 13.0 Å². The van der Waals surface area contributed by atoms with Gasteiger partial charge in [-0.3, -0.25) is 4.55 Å². The van der Waals surface area contributed by atoms with Crippen LogP contribution >= 0.6 is 0 Å². The molecule has 1 N–H and O–H groups in total. The van der Waals surface area contributed by atoms with Gasteiger partial charge in [-0.1, -0.05) is 26.2 Å². The Bertz CT molecular complexity index is 189. The summed E-state index contributed by atoms with van der Waals surface area (Å²) in [6, 6.07) is 0. The standard InChI is InChI=1S/C7H16O3S.Na.H/c1-3-4-5-6-7(2)11(8,9)10;;/h7H,3-6H2,1-2H3,(H,8,9,10);;. The molecule has 0 amide bonds. The third kappa shape index (κ3) is 7.55. The van der Waals surface area contributed by atoms with Crippen LogP contribution < -0.4 is 0 Å². The van der Waals surface area contributed by atoms with Gasteiger partial charge in [0.05, 0.1) is 5.25 Å². The fraction of sp³-hybridized carbons (Fsp3) is 1.00. The van der Waals surface area contributed by atoms with E-state index in [1.165, 1.54) is 6.92 Å². The molecule has 0 aliphatic carbocycles. The van der Waals surface area contributed by atoms with Crippen molar-refractivity contribution in [3.63, 3.8) is 0 Å². The van der Waals surface area contributed by atoms with E-state index in [2.05, 4.69) is 6.92 Å². The van der Waals surface area contributed by atoms with Crippen LogP contribution in [-0.2, 0) is 10.1 Å². The molecule has 0 fully saturated rings. The van der Waals surface area contributed by atoms with Gasteiger partial charge in [0, 0.05) is 0 Å². The van der Waals surface area contributed by atoms with E-state index in [1.54, 1.807) is 0 Å². The Morgan fingerprint density at radius 2 is 1.83 bits per heavy atom. The molecule has 12 heavy (non-hydrogen) atoms. The van der Waals surface area contributed by atoms with Crippen molar-refractivity contribution in [1.29, 1.82) is 0 Å². The van der Waals surface area contributed by atoms with E-state index < -0.39 is 15.4 Å². The van der Waals surface area contributed by atoms with Crippen molar-refractivity contribution in [3.8, 4) is 0 Å². The minimum atomic E-state index is -3.78. The Morgan fingerprint density at radius 3 is 2.17 bits per heavy atom. The van der Waals surface area contributed by atoms with E-state index in [4.69, 9.17) is 4.55 Å². The van der Waals surface area contributed by atoms with Gasteiger partial charge >= 0.3 is 29.6 Å². The first-order chi connectivity index (χ1) is 4.98. The second-order valence-electron chi connectivity index (χ2n) is 2.82. The summed E-state index contributed by atoms with van der Waals surface area (Å²) in [6.07, 6.45) is 3.53. The SMILES string of the molecule is CCCCCC(C)S(=O)(=O)O.[NaH]. The molecule has 0 aliphatic heterocycles. The Morgan fingerprint density at radius 1 is 1.33 bits per heavy atom. The molecule has 0 aromatic rings. The Kier molecular flexibility index (Phi) is 9.39. The van der Waals surface area contributed by atoms with Crippen molar-refractivity contribution in [2.75, 3.05) is 0 Å². The van der Waals surface area contributed by atoms with Crippen LogP contribution in [0.4, 0.5) is 0 Å². The molecule has 0 aliphatic rings. The predicted molar refractivity (Wildman–Crippen MR) is 52.3 cm³/mol. The number of hydrogen-bond acceptors (Lipinski definition) is 2. The molecular formula is C7H17NaO3S. The van der Waals surface area contributed by atoms with E-state index >= 15 is 0 Å². The Labute approximate surface area is 97.0 Å². The summed E-state index contributed by atoms with van der Waals surface area (Å²) in [4.78, 5) is 0. The van der Waals surface area contributed by atoms with Crippen LogP contribution in [0.25, 0.3) is 0 Å². The van der Waals surface area contributed by atoms with Gasteiger partial charge in [-0.15, -0.1) is 0 Å². The summed E-state index contributed by atoms with van der Waals surface area (Å²) < 4.78 is 29.5. The van der Waals surface area contributed by atoms with Gasteiger partial charge in [-0.2, -0.15) is 8.42 Å². The van der Waals surface area contributed by atoms with Gasteiger partial charge in [0.15, 0.2) is 0 Å². The zero-order chi connectivity index (χ0) is 8.91. The number of rotatable bonds is 5. The molecule has 0 saturated heterocycles. The third-order valence-electron chi connectivity index (χ3n) is 1.72. The molecule has 0 radical (unpaired) electrons. The summed E-state index contributed by atoms with van der Waals surface area (Å²) in [7, 11) is -3.78. The first-order valence-electron chi connectivity index (χ1n) is 3.94. The molecule has 0 aromatic heterocycles. The summed E-state index contributed by atoms with van der Waals surface area (Å²) >= 11 is 0. The van der Waals surface area contributed by atoms with Crippen molar-refractivity contribution in [1.82, 2.24) is 0 Å². The van der Waals surface area contributed by atoms with E-state index in [0.29, 0.717) is 6.42 Å². The number of hydrogen-bond donors (Lipinski definition) is 1. The molecular weight excluding hydrogens is 187 g/mol. The van der Waals surface area contributed by atoms with Gasteiger partial charge < -0.3 is 0 Å². The molecule has 1 atom stereocenters. The van der Waals surface area contributed by atoms with Gasteiger partial charge in [-0.05, 0) is 13.3 Å². The molecule has 0 aromatic carbocycles. The third-order valence-corrected chi connectivity index (χ3v) is 2.98. The molecule has 5 heteroatoms. The van der Waals surface area contributed by atoms with Gasteiger partial charge in [0.25, 0.3) is 10.1 Å². The van der Waals surface area contributed by atoms with Crippen LogP contribution in [-0.4, -0.2) is 47.8 Å². The second kappa shape index (κ2) is 7.33. The number of unbranched alkanes of at least 4 members (excludes halogenated alkanes) is 2. The van der Waals surface area contributed by atoms with E-state index in [1.807, 2.05) is 0 Å². The maximum absolute atomic E-state index is 10.5. The van der Waals surface area contributed by atoms with Crippen LogP contribution in [0.5, 0.6) is 0 Å².